The monoisotopic (exact) mass is 377 g/mol. The van der Waals surface area contributed by atoms with Gasteiger partial charge in [0.2, 0.25) is 5.28 Å². The number of hydrogen-bond donors (Lipinski definition) is 0. The van der Waals surface area contributed by atoms with Crippen LogP contribution in [0, 0.1) is 0 Å². The third kappa shape index (κ3) is 3.59. The number of aromatic nitrogens is 3. The van der Waals surface area contributed by atoms with Gasteiger partial charge < -0.3 is 0 Å². The molecule has 0 unspecified atom stereocenters. The Morgan fingerprint density at radius 3 is 1.50 bits per heavy atom. The van der Waals surface area contributed by atoms with E-state index in [2.05, 4.69) is 27.1 Å². The van der Waals surface area contributed by atoms with Crippen molar-refractivity contribution in [3.63, 3.8) is 0 Å². The Balaban J connectivity index is 1.70. The number of rotatable bonds is 3. The molecule has 4 aromatic rings. The summed E-state index contributed by atoms with van der Waals surface area (Å²) in [7, 11) is 0. The van der Waals surface area contributed by atoms with Crippen LogP contribution in [-0.2, 0) is 0 Å². The van der Waals surface area contributed by atoms with Crippen LogP contribution in [-0.4, -0.2) is 15.0 Å². The molecule has 0 spiro atoms. The zero-order valence-electron chi connectivity index (χ0n) is 13.6. The Labute approximate surface area is 161 Å². The Morgan fingerprint density at radius 2 is 0.923 bits per heavy atom. The first-order valence-corrected chi connectivity index (χ1v) is 8.78. The van der Waals surface area contributed by atoms with Crippen LogP contribution < -0.4 is 0 Å². The lowest BCUT2D eigenvalue weighted by Gasteiger charge is -2.06. The molecular formula is C21H13Cl2N3. The molecule has 0 saturated heterocycles. The molecule has 4 rings (SSSR count). The van der Waals surface area contributed by atoms with Crippen molar-refractivity contribution < 1.29 is 0 Å². The quantitative estimate of drug-likeness (QED) is 0.427. The summed E-state index contributed by atoms with van der Waals surface area (Å²) in [5.41, 5.74) is 4.01. The molecule has 0 aliphatic rings. The molecule has 3 nitrogen and oxygen atoms in total. The highest BCUT2D eigenvalue weighted by molar-refractivity contribution is 6.30. The standard InChI is InChI=1S/C21H13Cl2N3/c22-18-12-10-17(11-13-18)20-24-19(25-21(23)26-20)16-8-6-15(7-9-16)14-4-2-1-3-5-14/h1-13H. The van der Waals surface area contributed by atoms with Crippen molar-refractivity contribution in [1.82, 2.24) is 15.0 Å². The van der Waals surface area contributed by atoms with Crippen molar-refractivity contribution in [2.24, 2.45) is 0 Å². The van der Waals surface area contributed by atoms with Gasteiger partial charge in [0.1, 0.15) is 0 Å². The van der Waals surface area contributed by atoms with Gasteiger partial charge in [-0.3, -0.25) is 0 Å². The van der Waals surface area contributed by atoms with E-state index in [1.807, 2.05) is 54.6 Å². The van der Waals surface area contributed by atoms with E-state index in [4.69, 9.17) is 23.2 Å². The molecule has 3 aromatic carbocycles. The molecule has 0 radical (unpaired) electrons. The normalized spacial score (nSPS) is 10.7. The van der Waals surface area contributed by atoms with E-state index in [9.17, 15) is 0 Å². The predicted molar refractivity (Wildman–Crippen MR) is 106 cm³/mol. The molecule has 1 aromatic heterocycles. The van der Waals surface area contributed by atoms with Crippen LogP contribution in [0.4, 0.5) is 0 Å². The minimum atomic E-state index is 0.159. The van der Waals surface area contributed by atoms with Gasteiger partial charge in [0.25, 0.3) is 0 Å². The van der Waals surface area contributed by atoms with Crippen molar-refractivity contribution in [3.8, 4) is 33.9 Å². The highest BCUT2D eigenvalue weighted by Crippen LogP contribution is 2.25. The summed E-state index contributed by atoms with van der Waals surface area (Å²) in [6.07, 6.45) is 0. The Bertz CT molecular complexity index is 1030. The second-order valence-corrected chi connectivity index (χ2v) is 6.48. The number of halogens is 2. The topological polar surface area (TPSA) is 38.7 Å². The van der Waals surface area contributed by atoms with E-state index in [1.54, 1.807) is 12.1 Å². The van der Waals surface area contributed by atoms with Crippen molar-refractivity contribution >= 4 is 23.2 Å². The van der Waals surface area contributed by atoms with Gasteiger partial charge in [-0.25, -0.2) is 4.98 Å². The van der Waals surface area contributed by atoms with Gasteiger partial charge in [0.05, 0.1) is 0 Å². The second-order valence-electron chi connectivity index (χ2n) is 5.70. The van der Waals surface area contributed by atoms with E-state index in [-0.39, 0.29) is 5.28 Å². The molecule has 0 fully saturated rings. The first-order chi connectivity index (χ1) is 12.7. The summed E-state index contributed by atoms with van der Waals surface area (Å²) in [6, 6.07) is 25.6. The molecule has 0 atom stereocenters. The third-order valence-electron chi connectivity index (χ3n) is 3.96. The number of benzene rings is 3. The fourth-order valence-corrected chi connectivity index (χ4v) is 2.94. The van der Waals surface area contributed by atoms with Gasteiger partial charge in [-0.05, 0) is 47.0 Å². The number of nitrogens with zero attached hydrogens (tertiary/aromatic N) is 3. The molecule has 0 saturated carbocycles. The molecule has 5 heteroatoms. The van der Waals surface area contributed by atoms with Crippen molar-refractivity contribution in [3.05, 3.63) is 89.2 Å². The summed E-state index contributed by atoms with van der Waals surface area (Å²) >= 11 is 12.1. The maximum atomic E-state index is 6.12. The Morgan fingerprint density at radius 1 is 0.462 bits per heavy atom. The molecule has 0 aliphatic heterocycles. The molecular weight excluding hydrogens is 365 g/mol. The van der Waals surface area contributed by atoms with Gasteiger partial charge in [-0.2, -0.15) is 9.97 Å². The summed E-state index contributed by atoms with van der Waals surface area (Å²) in [5.74, 6) is 1.05. The van der Waals surface area contributed by atoms with Crippen LogP contribution >= 0.6 is 23.2 Å². The van der Waals surface area contributed by atoms with Crippen LogP contribution in [0.2, 0.25) is 10.3 Å². The molecule has 1 heterocycles. The molecule has 126 valence electrons. The zero-order chi connectivity index (χ0) is 17.9. The van der Waals surface area contributed by atoms with Crippen LogP contribution in [0.3, 0.4) is 0 Å². The molecule has 0 bridgehead atoms. The molecule has 0 amide bonds. The van der Waals surface area contributed by atoms with E-state index < -0.39 is 0 Å². The molecule has 26 heavy (non-hydrogen) atoms. The maximum Gasteiger partial charge on any atom is 0.226 e. The van der Waals surface area contributed by atoms with Crippen LogP contribution in [0.1, 0.15) is 0 Å². The average molecular weight is 378 g/mol. The zero-order valence-corrected chi connectivity index (χ0v) is 15.1. The first-order valence-electron chi connectivity index (χ1n) is 8.02. The Kier molecular flexibility index (Phi) is 4.65. The lowest BCUT2D eigenvalue weighted by molar-refractivity contribution is 1.07. The molecule has 0 aliphatic carbocycles. The van der Waals surface area contributed by atoms with E-state index >= 15 is 0 Å². The summed E-state index contributed by atoms with van der Waals surface area (Å²) in [4.78, 5) is 13.0. The van der Waals surface area contributed by atoms with Gasteiger partial charge in [0.15, 0.2) is 11.6 Å². The highest BCUT2D eigenvalue weighted by atomic mass is 35.5. The summed E-state index contributed by atoms with van der Waals surface area (Å²) < 4.78 is 0. The van der Waals surface area contributed by atoms with Crippen LogP contribution in [0.15, 0.2) is 78.9 Å². The lowest BCUT2D eigenvalue weighted by atomic mass is 10.0. The predicted octanol–water partition coefficient (Wildman–Crippen LogP) is 6.18. The van der Waals surface area contributed by atoms with Gasteiger partial charge in [-0.15, -0.1) is 0 Å². The van der Waals surface area contributed by atoms with E-state index in [1.165, 1.54) is 0 Å². The minimum Gasteiger partial charge on any atom is -0.208 e. The first kappa shape index (κ1) is 16.7. The summed E-state index contributed by atoms with van der Waals surface area (Å²) in [6.45, 7) is 0. The fraction of sp³-hybridized carbons (Fsp3) is 0. The minimum absolute atomic E-state index is 0.159. The lowest BCUT2D eigenvalue weighted by Crippen LogP contribution is -1.97. The summed E-state index contributed by atoms with van der Waals surface area (Å²) in [5, 5.41) is 0.817. The van der Waals surface area contributed by atoms with Crippen molar-refractivity contribution in [1.29, 1.82) is 0 Å². The number of hydrogen-bond acceptors (Lipinski definition) is 3. The largest absolute Gasteiger partial charge is 0.226 e. The van der Waals surface area contributed by atoms with Crippen LogP contribution in [0.25, 0.3) is 33.9 Å². The SMILES string of the molecule is Clc1ccc(-c2nc(Cl)nc(-c3ccc(-c4ccccc4)cc3)n2)cc1. The Hall–Kier alpha value is -2.75. The smallest absolute Gasteiger partial charge is 0.208 e. The highest BCUT2D eigenvalue weighted by Gasteiger charge is 2.10. The average Bonchev–Trinajstić information content (AvgIpc) is 2.69. The van der Waals surface area contributed by atoms with Crippen molar-refractivity contribution in [2.75, 3.05) is 0 Å². The van der Waals surface area contributed by atoms with E-state index in [0.29, 0.717) is 16.7 Å². The van der Waals surface area contributed by atoms with Crippen molar-refractivity contribution in [2.45, 2.75) is 0 Å². The van der Waals surface area contributed by atoms with Crippen LogP contribution in [0.5, 0.6) is 0 Å². The van der Waals surface area contributed by atoms with Gasteiger partial charge in [0, 0.05) is 16.1 Å². The van der Waals surface area contributed by atoms with E-state index in [0.717, 1.165) is 22.3 Å². The molecule has 0 N–H and O–H groups in total. The van der Waals surface area contributed by atoms with Gasteiger partial charge in [-0.1, -0.05) is 66.2 Å². The third-order valence-corrected chi connectivity index (χ3v) is 4.38. The fourth-order valence-electron chi connectivity index (χ4n) is 2.65. The second kappa shape index (κ2) is 7.24. The maximum absolute atomic E-state index is 6.12. The van der Waals surface area contributed by atoms with Gasteiger partial charge >= 0.3 is 0 Å².